The van der Waals surface area contributed by atoms with E-state index >= 15 is 0 Å². The fraction of sp³-hybridized carbons (Fsp3) is 0.231. The molecule has 2 rings (SSSR count). The van der Waals surface area contributed by atoms with E-state index in [0.29, 0.717) is 5.28 Å². The van der Waals surface area contributed by atoms with Crippen LogP contribution in [0.5, 0.6) is 5.75 Å². The van der Waals surface area contributed by atoms with Gasteiger partial charge in [-0.15, -0.1) is 0 Å². The van der Waals surface area contributed by atoms with Crippen molar-refractivity contribution in [1.82, 2.24) is 9.97 Å². The third-order valence-corrected chi connectivity index (χ3v) is 2.69. The zero-order valence-electron chi connectivity index (χ0n) is 9.56. The van der Waals surface area contributed by atoms with Crippen LogP contribution in [0.4, 0.5) is 0 Å². The average molecular weight is 249 g/mol. The van der Waals surface area contributed by atoms with Crippen molar-refractivity contribution in [1.29, 1.82) is 0 Å². The smallest absolute Gasteiger partial charge is 0.222 e. The van der Waals surface area contributed by atoms with Gasteiger partial charge in [0.05, 0.1) is 7.11 Å². The van der Waals surface area contributed by atoms with E-state index in [1.54, 1.807) is 13.3 Å². The molecule has 0 aliphatic rings. The molecule has 0 spiro atoms. The van der Waals surface area contributed by atoms with Crippen molar-refractivity contribution in [3.05, 3.63) is 53.1 Å². The molecule has 4 heteroatoms. The van der Waals surface area contributed by atoms with E-state index in [0.717, 1.165) is 24.3 Å². The van der Waals surface area contributed by atoms with Crippen LogP contribution < -0.4 is 4.74 Å². The Labute approximate surface area is 105 Å². The lowest BCUT2D eigenvalue weighted by atomic mass is 10.1. The number of ether oxygens (including phenoxy) is 1. The van der Waals surface area contributed by atoms with Crippen molar-refractivity contribution >= 4 is 11.6 Å². The number of hydrogen-bond acceptors (Lipinski definition) is 3. The molecule has 0 amide bonds. The lowest BCUT2D eigenvalue weighted by molar-refractivity contribution is 0.414. The first-order valence-corrected chi connectivity index (χ1v) is 5.76. The molecule has 1 aromatic heterocycles. The summed E-state index contributed by atoms with van der Waals surface area (Å²) >= 11 is 5.73. The van der Waals surface area contributed by atoms with Crippen LogP contribution in [0.25, 0.3) is 0 Å². The van der Waals surface area contributed by atoms with Crippen LogP contribution in [0.2, 0.25) is 5.28 Å². The Morgan fingerprint density at radius 2 is 1.88 bits per heavy atom. The number of aryl methyl sites for hydroxylation is 2. The van der Waals surface area contributed by atoms with E-state index in [-0.39, 0.29) is 0 Å². The van der Waals surface area contributed by atoms with Gasteiger partial charge in [-0.05, 0) is 48.2 Å². The summed E-state index contributed by atoms with van der Waals surface area (Å²) in [5.41, 5.74) is 2.21. The van der Waals surface area contributed by atoms with Crippen molar-refractivity contribution in [3.8, 4) is 5.75 Å². The molecule has 0 fully saturated rings. The van der Waals surface area contributed by atoms with Gasteiger partial charge < -0.3 is 4.74 Å². The number of rotatable bonds is 4. The summed E-state index contributed by atoms with van der Waals surface area (Å²) in [5.74, 6) is 0.874. The quantitative estimate of drug-likeness (QED) is 0.781. The van der Waals surface area contributed by atoms with Crippen LogP contribution in [0.15, 0.2) is 36.5 Å². The van der Waals surface area contributed by atoms with Crippen molar-refractivity contribution in [2.75, 3.05) is 7.11 Å². The van der Waals surface area contributed by atoms with Crippen molar-refractivity contribution in [2.45, 2.75) is 12.8 Å². The van der Waals surface area contributed by atoms with Gasteiger partial charge in [0.2, 0.25) is 5.28 Å². The number of halogens is 1. The summed E-state index contributed by atoms with van der Waals surface area (Å²) in [6.07, 6.45) is 3.46. The highest BCUT2D eigenvalue weighted by molar-refractivity contribution is 6.28. The maximum atomic E-state index is 5.73. The van der Waals surface area contributed by atoms with E-state index < -0.39 is 0 Å². The first kappa shape index (κ1) is 11.9. The first-order chi connectivity index (χ1) is 8.28. The molecule has 0 atom stereocenters. The predicted molar refractivity (Wildman–Crippen MR) is 67.4 cm³/mol. The van der Waals surface area contributed by atoms with Gasteiger partial charge in [-0.2, -0.15) is 0 Å². The summed E-state index contributed by atoms with van der Waals surface area (Å²) in [6, 6.07) is 9.92. The topological polar surface area (TPSA) is 35.0 Å². The van der Waals surface area contributed by atoms with Crippen LogP contribution in [-0.2, 0) is 12.8 Å². The van der Waals surface area contributed by atoms with Gasteiger partial charge in [0, 0.05) is 11.9 Å². The maximum absolute atomic E-state index is 5.73. The Balaban J connectivity index is 1.97. The van der Waals surface area contributed by atoms with Crippen LogP contribution in [0.1, 0.15) is 11.3 Å². The maximum Gasteiger partial charge on any atom is 0.222 e. The number of aromatic nitrogens is 2. The first-order valence-electron chi connectivity index (χ1n) is 5.38. The van der Waals surface area contributed by atoms with Crippen LogP contribution in [0, 0.1) is 0 Å². The molecule has 2 aromatic rings. The lowest BCUT2D eigenvalue weighted by Crippen LogP contribution is -1.95. The summed E-state index contributed by atoms with van der Waals surface area (Å²) in [4.78, 5) is 8.01. The highest BCUT2D eigenvalue weighted by Gasteiger charge is 1.99. The second kappa shape index (κ2) is 5.64. The minimum atomic E-state index is 0.303. The number of methoxy groups -OCH3 is 1. The van der Waals surface area contributed by atoms with Crippen LogP contribution in [-0.4, -0.2) is 17.1 Å². The normalized spacial score (nSPS) is 10.2. The molecule has 3 nitrogen and oxygen atoms in total. The van der Waals surface area contributed by atoms with Gasteiger partial charge in [0.25, 0.3) is 0 Å². The monoisotopic (exact) mass is 248 g/mol. The minimum absolute atomic E-state index is 0.303. The fourth-order valence-corrected chi connectivity index (χ4v) is 1.74. The Kier molecular flexibility index (Phi) is 3.94. The third kappa shape index (κ3) is 3.43. The molecule has 1 heterocycles. The summed E-state index contributed by atoms with van der Waals surface area (Å²) < 4.78 is 5.11. The SMILES string of the molecule is COc1ccc(CCc2ccnc(Cl)n2)cc1. The van der Waals surface area contributed by atoms with E-state index in [2.05, 4.69) is 22.1 Å². The molecule has 0 radical (unpaired) electrons. The predicted octanol–water partition coefficient (Wildman–Crippen LogP) is 2.92. The lowest BCUT2D eigenvalue weighted by Gasteiger charge is -2.03. The highest BCUT2D eigenvalue weighted by Crippen LogP contribution is 2.13. The zero-order valence-corrected chi connectivity index (χ0v) is 10.3. The van der Waals surface area contributed by atoms with Gasteiger partial charge in [0.1, 0.15) is 5.75 Å². The van der Waals surface area contributed by atoms with Gasteiger partial charge >= 0.3 is 0 Å². The summed E-state index contributed by atoms with van der Waals surface area (Å²) in [7, 11) is 1.66. The van der Waals surface area contributed by atoms with Crippen molar-refractivity contribution < 1.29 is 4.74 Å². The summed E-state index contributed by atoms with van der Waals surface area (Å²) in [5, 5.41) is 0.303. The second-order valence-electron chi connectivity index (χ2n) is 3.67. The van der Waals surface area contributed by atoms with Gasteiger partial charge in [-0.3, -0.25) is 0 Å². The van der Waals surface area contributed by atoms with E-state index in [4.69, 9.17) is 16.3 Å². The Bertz CT molecular complexity index is 485. The van der Waals surface area contributed by atoms with E-state index in [1.165, 1.54) is 5.56 Å². The standard InChI is InChI=1S/C13H13ClN2O/c1-17-12-6-3-10(4-7-12)2-5-11-8-9-15-13(14)16-11/h3-4,6-9H,2,5H2,1H3. The summed E-state index contributed by atoms with van der Waals surface area (Å²) in [6.45, 7) is 0. The van der Waals surface area contributed by atoms with E-state index in [9.17, 15) is 0 Å². The molecule has 0 bridgehead atoms. The molecule has 0 saturated heterocycles. The molecule has 0 unspecified atom stereocenters. The molecule has 0 N–H and O–H groups in total. The Morgan fingerprint density at radius 3 is 2.53 bits per heavy atom. The number of hydrogen-bond donors (Lipinski definition) is 0. The van der Waals surface area contributed by atoms with Crippen molar-refractivity contribution in [2.24, 2.45) is 0 Å². The molecule has 17 heavy (non-hydrogen) atoms. The van der Waals surface area contributed by atoms with Crippen LogP contribution in [0.3, 0.4) is 0 Å². The van der Waals surface area contributed by atoms with E-state index in [1.807, 2.05) is 18.2 Å². The van der Waals surface area contributed by atoms with Gasteiger partial charge in [-0.25, -0.2) is 9.97 Å². The largest absolute Gasteiger partial charge is 0.497 e. The number of nitrogens with zero attached hydrogens (tertiary/aromatic N) is 2. The van der Waals surface area contributed by atoms with Crippen molar-refractivity contribution in [3.63, 3.8) is 0 Å². The molecule has 0 saturated carbocycles. The van der Waals surface area contributed by atoms with Gasteiger partial charge in [-0.1, -0.05) is 12.1 Å². The highest BCUT2D eigenvalue weighted by atomic mass is 35.5. The minimum Gasteiger partial charge on any atom is -0.497 e. The molecule has 1 aromatic carbocycles. The third-order valence-electron chi connectivity index (χ3n) is 2.51. The zero-order chi connectivity index (χ0) is 12.1. The molecule has 0 aliphatic carbocycles. The second-order valence-corrected chi connectivity index (χ2v) is 4.00. The van der Waals surface area contributed by atoms with Gasteiger partial charge in [0.15, 0.2) is 0 Å². The molecule has 88 valence electrons. The molecular formula is C13H13ClN2O. The fourth-order valence-electron chi connectivity index (χ4n) is 1.57. The average Bonchev–Trinajstić information content (AvgIpc) is 2.37. The number of benzene rings is 1. The molecular weight excluding hydrogens is 236 g/mol. The van der Waals surface area contributed by atoms with Crippen LogP contribution >= 0.6 is 11.6 Å². The Morgan fingerprint density at radius 1 is 1.12 bits per heavy atom. The Hall–Kier alpha value is -1.61. The molecule has 0 aliphatic heterocycles.